The van der Waals surface area contributed by atoms with Crippen LogP contribution in [0.4, 0.5) is 4.79 Å². The summed E-state index contributed by atoms with van der Waals surface area (Å²) in [6, 6.07) is -0.105. The van der Waals surface area contributed by atoms with E-state index in [2.05, 4.69) is 34.6 Å². The van der Waals surface area contributed by atoms with Crippen molar-refractivity contribution >= 4 is 11.9 Å². The van der Waals surface area contributed by atoms with Gasteiger partial charge in [-0.2, -0.15) is 0 Å². The molecule has 1 saturated heterocycles. The number of carbonyl (C=O) groups excluding carboxylic acids is 2. The van der Waals surface area contributed by atoms with Crippen molar-refractivity contribution in [3.05, 3.63) is 0 Å². The molecule has 0 atom stereocenters. The molecule has 1 fully saturated rings. The first-order valence-corrected chi connectivity index (χ1v) is 15.5. The van der Waals surface area contributed by atoms with Crippen molar-refractivity contribution in [2.75, 3.05) is 32.8 Å². The van der Waals surface area contributed by atoms with Crippen molar-refractivity contribution in [1.29, 1.82) is 0 Å². The van der Waals surface area contributed by atoms with Gasteiger partial charge in [0.15, 0.2) is 0 Å². The van der Waals surface area contributed by atoms with Crippen molar-refractivity contribution in [3.63, 3.8) is 0 Å². The minimum atomic E-state index is -0.105. The maximum absolute atomic E-state index is 12.3. The third-order valence-corrected chi connectivity index (χ3v) is 9.40. The van der Waals surface area contributed by atoms with Crippen molar-refractivity contribution < 1.29 is 14.3 Å². The maximum atomic E-state index is 12.3. The van der Waals surface area contributed by atoms with Crippen LogP contribution in [0.1, 0.15) is 144 Å². The number of rotatable bonds is 23. The van der Waals surface area contributed by atoms with Gasteiger partial charge in [-0.1, -0.05) is 92.4 Å². The van der Waals surface area contributed by atoms with Gasteiger partial charge in [0.05, 0.1) is 0 Å². The van der Waals surface area contributed by atoms with Gasteiger partial charge < -0.3 is 9.64 Å². The van der Waals surface area contributed by atoms with Crippen LogP contribution < -0.4 is 0 Å². The van der Waals surface area contributed by atoms with Gasteiger partial charge in [0, 0.05) is 26.3 Å². The number of hydrogen-bond acceptors (Lipinski definition) is 3. The lowest BCUT2D eigenvalue weighted by Crippen LogP contribution is -2.33. The van der Waals surface area contributed by atoms with Gasteiger partial charge in [-0.15, -0.1) is 0 Å². The van der Waals surface area contributed by atoms with Gasteiger partial charge in [-0.25, -0.2) is 4.79 Å². The van der Waals surface area contributed by atoms with Gasteiger partial charge in [0.25, 0.3) is 0 Å². The molecule has 1 aliphatic rings. The van der Waals surface area contributed by atoms with Crippen molar-refractivity contribution in [2.45, 2.75) is 144 Å². The summed E-state index contributed by atoms with van der Waals surface area (Å²) in [6.45, 7) is 16.8. The minimum Gasteiger partial charge on any atom is -0.381 e. The molecular formula is C31H60N2O3. The molecule has 212 valence electrons. The molecule has 3 amide bonds. The molecule has 0 aromatic rings. The Hall–Kier alpha value is -1.10. The smallest absolute Gasteiger partial charge is 0.327 e. The number of nitrogens with zero attached hydrogens (tertiary/aromatic N) is 2. The normalized spacial score (nSPS) is 14.9. The van der Waals surface area contributed by atoms with Crippen molar-refractivity contribution in [1.82, 2.24) is 9.80 Å². The Bertz CT molecular complexity index is 599. The first kappa shape index (κ1) is 32.9. The van der Waals surface area contributed by atoms with E-state index in [1.165, 1.54) is 88.4 Å². The van der Waals surface area contributed by atoms with Gasteiger partial charge in [0.2, 0.25) is 5.91 Å². The molecular weight excluding hydrogens is 448 g/mol. The van der Waals surface area contributed by atoms with Crippen LogP contribution in [0, 0.1) is 10.8 Å². The number of hydrogen-bond donors (Lipinski definition) is 0. The van der Waals surface area contributed by atoms with Crippen LogP contribution in [0.5, 0.6) is 0 Å². The first-order valence-electron chi connectivity index (χ1n) is 15.5. The predicted molar refractivity (Wildman–Crippen MR) is 152 cm³/mol. The standard InChI is InChI=1S/C31H60N2O3/c1-7-13-20-30(8-2,9-3)22-15-18-25-36-26-19-16-23-31(10-4,11-5)21-14-17-24-33-28(34)27-32(12-6)29(33)35/h7-27H2,1-6H3. The zero-order valence-corrected chi connectivity index (χ0v) is 25.0. The molecule has 0 aromatic carbocycles. The highest BCUT2D eigenvalue weighted by Crippen LogP contribution is 2.39. The fourth-order valence-electron chi connectivity index (χ4n) is 6.06. The average molecular weight is 509 g/mol. The van der Waals surface area contributed by atoms with E-state index in [1.54, 1.807) is 4.90 Å². The van der Waals surface area contributed by atoms with Crippen molar-refractivity contribution in [2.24, 2.45) is 10.8 Å². The number of carbonyl (C=O) groups is 2. The number of ether oxygens (including phenoxy) is 1. The number of imide groups is 1. The van der Waals surface area contributed by atoms with Crippen LogP contribution in [0.2, 0.25) is 0 Å². The molecule has 0 N–H and O–H groups in total. The Kier molecular flexibility index (Phi) is 16.6. The number of unbranched alkanes of at least 4 members (excludes halogenated alkanes) is 4. The molecule has 1 rings (SSSR count). The molecule has 0 radical (unpaired) electrons. The molecule has 0 aliphatic carbocycles. The van der Waals surface area contributed by atoms with Crippen LogP contribution in [0.15, 0.2) is 0 Å². The van der Waals surface area contributed by atoms with E-state index < -0.39 is 0 Å². The SMILES string of the molecule is CCCCC(CC)(CC)CCCCOCCCCC(CC)(CC)CCCCN1C(=O)CN(CC)C1=O. The van der Waals surface area contributed by atoms with E-state index in [-0.39, 0.29) is 18.5 Å². The molecule has 5 nitrogen and oxygen atoms in total. The molecule has 0 spiro atoms. The van der Waals surface area contributed by atoms with Gasteiger partial charge in [-0.3, -0.25) is 9.69 Å². The monoisotopic (exact) mass is 508 g/mol. The minimum absolute atomic E-state index is 0.0364. The molecule has 1 heterocycles. The highest BCUT2D eigenvalue weighted by Gasteiger charge is 2.34. The van der Waals surface area contributed by atoms with Gasteiger partial charge in [-0.05, 0) is 62.7 Å². The number of amides is 3. The molecule has 0 saturated carbocycles. The van der Waals surface area contributed by atoms with E-state index in [0.29, 0.717) is 23.9 Å². The van der Waals surface area contributed by atoms with E-state index in [4.69, 9.17) is 4.74 Å². The Morgan fingerprint density at radius 3 is 1.56 bits per heavy atom. The average Bonchev–Trinajstić information content (AvgIpc) is 3.18. The Morgan fingerprint density at radius 2 is 1.14 bits per heavy atom. The summed E-state index contributed by atoms with van der Waals surface area (Å²) in [5.74, 6) is -0.0364. The zero-order chi connectivity index (χ0) is 26.9. The number of urea groups is 1. The maximum Gasteiger partial charge on any atom is 0.327 e. The van der Waals surface area contributed by atoms with E-state index >= 15 is 0 Å². The highest BCUT2D eigenvalue weighted by atomic mass is 16.5. The Labute approximate surface area is 224 Å². The Morgan fingerprint density at radius 1 is 0.667 bits per heavy atom. The number of likely N-dealkylation sites (N-methyl/N-ethyl adjacent to an activating group) is 1. The molecule has 1 aliphatic heterocycles. The quantitative estimate of drug-likeness (QED) is 0.103. The molecule has 5 heteroatoms. The lowest BCUT2D eigenvalue weighted by Gasteiger charge is -2.32. The second-order valence-corrected chi connectivity index (χ2v) is 11.3. The molecule has 0 bridgehead atoms. The molecule has 0 unspecified atom stereocenters. The van der Waals surface area contributed by atoms with E-state index in [9.17, 15) is 9.59 Å². The Balaban J connectivity index is 2.21. The largest absolute Gasteiger partial charge is 0.381 e. The second kappa shape index (κ2) is 18.2. The van der Waals surface area contributed by atoms with Crippen LogP contribution >= 0.6 is 0 Å². The summed E-state index contributed by atoms with van der Waals surface area (Å²) < 4.78 is 6.00. The summed E-state index contributed by atoms with van der Waals surface area (Å²) in [5, 5.41) is 0. The zero-order valence-electron chi connectivity index (χ0n) is 25.0. The van der Waals surface area contributed by atoms with Crippen LogP contribution in [0.25, 0.3) is 0 Å². The highest BCUT2D eigenvalue weighted by molar-refractivity contribution is 6.01. The molecule has 36 heavy (non-hydrogen) atoms. The fraction of sp³-hybridized carbons (Fsp3) is 0.935. The summed E-state index contributed by atoms with van der Waals surface area (Å²) >= 11 is 0. The van der Waals surface area contributed by atoms with Gasteiger partial charge >= 0.3 is 6.03 Å². The summed E-state index contributed by atoms with van der Waals surface area (Å²) in [7, 11) is 0. The lowest BCUT2D eigenvalue weighted by atomic mass is 9.74. The third kappa shape index (κ3) is 10.7. The van der Waals surface area contributed by atoms with E-state index in [1.807, 2.05) is 6.92 Å². The lowest BCUT2D eigenvalue weighted by molar-refractivity contribution is -0.125. The second-order valence-electron chi connectivity index (χ2n) is 11.3. The van der Waals surface area contributed by atoms with Gasteiger partial charge in [0.1, 0.15) is 6.54 Å². The summed E-state index contributed by atoms with van der Waals surface area (Å²) in [4.78, 5) is 27.5. The summed E-state index contributed by atoms with van der Waals surface area (Å²) in [6.07, 6.45) is 19.7. The van der Waals surface area contributed by atoms with Crippen LogP contribution in [-0.4, -0.2) is 54.6 Å². The van der Waals surface area contributed by atoms with Crippen molar-refractivity contribution in [3.8, 4) is 0 Å². The van der Waals surface area contributed by atoms with Crippen LogP contribution in [0.3, 0.4) is 0 Å². The van der Waals surface area contributed by atoms with Crippen LogP contribution in [-0.2, 0) is 9.53 Å². The third-order valence-electron chi connectivity index (χ3n) is 9.40. The summed E-state index contributed by atoms with van der Waals surface area (Å²) in [5.41, 5.74) is 0.950. The topological polar surface area (TPSA) is 49.9 Å². The first-order chi connectivity index (χ1) is 17.4. The fourth-order valence-corrected chi connectivity index (χ4v) is 6.06. The van der Waals surface area contributed by atoms with E-state index in [0.717, 1.165) is 32.5 Å². The predicted octanol–water partition coefficient (Wildman–Crippen LogP) is 8.60. The molecule has 0 aromatic heterocycles.